The maximum atomic E-state index is 5.28. The second-order valence-electron chi connectivity index (χ2n) is 9.71. The molecule has 0 saturated heterocycles. The Morgan fingerprint density at radius 2 is 0.625 bits per heavy atom. The van der Waals surface area contributed by atoms with Crippen LogP contribution in [0.15, 0.2) is 127 Å². The predicted molar refractivity (Wildman–Crippen MR) is 151 cm³/mol. The van der Waals surface area contributed by atoms with Crippen molar-refractivity contribution in [3.05, 3.63) is 196 Å². The largest absolute Gasteiger partial charge is 3.00 e. The average molecular weight is 602 g/mol. The van der Waals surface area contributed by atoms with Crippen molar-refractivity contribution in [2.24, 2.45) is 0 Å². The molecule has 0 aliphatic carbocycles. The van der Waals surface area contributed by atoms with Crippen molar-refractivity contribution in [2.45, 2.75) is 17.8 Å². The Bertz CT molecular complexity index is 1460. The summed E-state index contributed by atoms with van der Waals surface area (Å²) in [7, 11) is 0. The number of hydrogen-bond acceptors (Lipinski definition) is 3. The molecule has 0 unspecified atom stereocenters. The summed E-state index contributed by atoms with van der Waals surface area (Å²) in [5.74, 6) is -0.507. The molecule has 4 heteroatoms. The van der Waals surface area contributed by atoms with Gasteiger partial charge in [-0.3, -0.25) is 15.0 Å². The molecule has 192 valence electrons. The molecule has 3 aromatic heterocycles. The molecule has 6 aromatic rings. The molecular formula is C36H24N3Rh. The third-order valence-electron chi connectivity index (χ3n) is 7.28. The van der Waals surface area contributed by atoms with Crippen molar-refractivity contribution in [3.8, 4) is 0 Å². The van der Waals surface area contributed by atoms with E-state index in [-0.39, 0.29) is 37.2 Å². The normalized spacial score (nSPS) is 17.6. The Labute approximate surface area is 247 Å². The molecule has 1 aliphatic rings. The first-order chi connectivity index (χ1) is 19.3. The van der Waals surface area contributed by atoms with Crippen molar-refractivity contribution < 1.29 is 19.5 Å². The molecule has 7 rings (SSSR count). The molecule has 0 amide bonds. The van der Waals surface area contributed by atoms with Gasteiger partial charge in [-0.15, -0.1) is 16.7 Å². The molecular weight excluding hydrogens is 577 g/mol. The number of benzene rings is 3. The molecule has 4 heterocycles. The smallest absolute Gasteiger partial charge is 0.256 e. The van der Waals surface area contributed by atoms with Crippen LogP contribution in [0.4, 0.5) is 0 Å². The van der Waals surface area contributed by atoms with E-state index < -0.39 is 0 Å². The van der Waals surface area contributed by atoms with Crippen LogP contribution < -0.4 is 0 Å². The first kappa shape index (κ1) is 26.0. The van der Waals surface area contributed by atoms with Crippen molar-refractivity contribution >= 4 is 0 Å². The third kappa shape index (κ3) is 4.92. The zero-order valence-electron chi connectivity index (χ0n) is 21.5. The van der Waals surface area contributed by atoms with Crippen LogP contribution in [0.5, 0.6) is 0 Å². The van der Waals surface area contributed by atoms with Crippen LogP contribution in [0.2, 0.25) is 0 Å². The number of aromatic nitrogens is 3. The minimum atomic E-state index is -0.169. The Balaban J connectivity index is 0.00000289. The minimum Gasteiger partial charge on any atom is -0.256 e. The standard InChI is InChI=1S/C36H24N3.Rh/c1-4-13-25(14-5-1)34-28-19-10-21-30(37-28)35(26-15-6-2-7-16-26)32-23-12-24-33(39-32)36(27-17-8-3-9-18-27)31-22-11-20-29(34)38-31;/h1-13,15,17,19-24,34-36H;/q-3;+3. The second-order valence-corrected chi connectivity index (χ2v) is 9.71. The van der Waals surface area contributed by atoms with E-state index in [0.717, 1.165) is 50.9 Å². The van der Waals surface area contributed by atoms with Crippen molar-refractivity contribution in [1.29, 1.82) is 0 Å². The molecule has 0 fully saturated rings. The van der Waals surface area contributed by atoms with E-state index in [4.69, 9.17) is 15.0 Å². The van der Waals surface area contributed by atoms with E-state index in [0.29, 0.717) is 0 Å². The van der Waals surface area contributed by atoms with Crippen molar-refractivity contribution in [3.63, 3.8) is 0 Å². The maximum Gasteiger partial charge on any atom is 3.00 e. The van der Waals surface area contributed by atoms with Crippen LogP contribution in [-0.2, 0) is 19.5 Å². The van der Waals surface area contributed by atoms with Gasteiger partial charge in [0.05, 0.1) is 34.2 Å². The van der Waals surface area contributed by atoms with Gasteiger partial charge in [0.25, 0.3) is 0 Å². The number of rotatable bonds is 3. The third-order valence-corrected chi connectivity index (χ3v) is 7.28. The summed E-state index contributed by atoms with van der Waals surface area (Å²) in [6.45, 7) is 0. The fraction of sp³-hybridized carbons (Fsp3) is 0.0833. The monoisotopic (exact) mass is 601 g/mol. The molecule has 0 spiro atoms. The van der Waals surface area contributed by atoms with Gasteiger partial charge in [-0.25, -0.2) is 0 Å². The van der Waals surface area contributed by atoms with Gasteiger partial charge in [-0.1, -0.05) is 18.2 Å². The van der Waals surface area contributed by atoms with E-state index in [1.807, 2.05) is 54.6 Å². The number of pyridine rings is 3. The molecule has 0 saturated carbocycles. The molecule has 40 heavy (non-hydrogen) atoms. The second kappa shape index (κ2) is 11.5. The summed E-state index contributed by atoms with van der Waals surface area (Å²) in [5, 5.41) is 0. The number of fused-ring (bicyclic) bond motifs is 6. The van der Waals surface area contributed by atoms with Crippen LogP contribution in [0.25, 0.3) is 0 Å². The predicted octanol–water partition coefficient (Wildman–Crippen LogP) is 7.12. The van der Waals surface area contributed by atoms with E-state index in [1.54, 1.807) is 0 Å². The molecule has 3 aromatic carbocycles. The summed E-state index contributed by atoms with van der Waals surface area (Å²) in [6, 6.07) is 53.5. The number of hydrogen-bond donors (Lipinski definition) is 0. The van der Waals surface area contributed by atoms with Gasteiger partial charge in [0.2, 0.25) is 0 Å². The summed E-state index contributed by atoms with van der Waals surface area (Å²) in [6.07, 6.45) is 0. The van der Waals surface area contributed by atoms with Crippen molar-refractivity contribution in [1.82, 2.24) is 15.0 Å². The SMILES string of the molecule is [Rh+3].[c-]1ccccc1C1c2cccc(n2)C(c2[c-]cccc2)c2cccc(n2)C(c2[c-]cccc2)c2cccc1n2. The van der Waals surface area contributed by atoms with E-state index >= 15 is 0 Å². The van der Waals surface area contributed by atoms with Crippen LogP contribution in [-0.4, -0.2) is 15.0 Å². The Kier molecular flexibility index (Phi) is 7.44. The Morgan fingerprint density at radius 1 is 0.350 bits per heavy atom. The first-order valence-corrected chi connectivity index (χ1v) is 13.2. The van der Waals surface area contributed by atoms with Gasteiger partial charge in [0.1, 0.15) is 0 Å². The summed E-state index contributed by atoms with van der Waals surface area (Å²) in [4.78, 5) is 15.8. The van der Waals surface area contributed by atoms with Crippen molar-refractivity contribution in [2.75, 3.05) is 0 Å². The van der Waals surface area contributed by atoms with Crippen LogP contribution in [0.1, 0.15) is 68.6 Å². The van der Waals surface area contributed by atoms with Crippen LogP contribution in [0, 0.1) is 18.2 Å². The fourth-order valence-corrected chi connectivity index (χ4v) is 5.54. The van der Waals surface area contributed by atoms with E-state index in [1.165, 1.54) is 0 Å². The Morgan fingerprint density at radius 3 is 0.850 bits per heavy atom. The van der Waals surface area contributed by atoms with Crippen LogP contribution in [0.3, 0.4) is 0 Å². The number of nitrogens with zero attached hydrogens (tertiary/aromatic N) is 3. The molecule has 3 nitrogen and oxygen atoms in total. The van der Waals surface area contributed by atoms with Gasteiger partial charge in [0, 0.05) is 17.8 Å². The summed E-state index contributed by atoms with van der Waals surface area (Å²) in [5.41, 5.74) is 8.68. The van der Waals surface area contributed by atoms with Gasteiger partial charge in [-0.05, 0) is 36.4 Å². The topological polar surface area (TPSA) is 38.7 Å². The molecule has 0 N–H and O–H groups in total. The fourth-order valence-electron chi connectivity index (χ4n) is 5.54. The minimum absolute atomic E-state index is 0. The van der Waals surface area contributed by atoms with Gasteiger partial charge >= 0.3 is 19.5 Å². The average Bonchev–Trinajstić information content (AvgIpc) is 3.00. The van der Waals surface area contributed by atoms with Gasteiger partial charge < -0.3 is 0 Å². The summed E-state index contributed by atoms with van der Waals surface area (Å²) >= 11 is 0. The zero-order valence-corrected chi connectivity index (χ0v) is 23.2. The maximum absolute atomic E-state index is 5.28. The van der Waals surface area contributed by atoms with Crippen LogP contribution >= 0.6 is 0 Å². The zero-order chi connectivity index (χ0) is 26.0. The quantitative estimate of drug-likeness (QED) is 0.160. The Hall–Kier alpha value is -4.27. The molecule has 0 atom stereocenters. The molecule has 1 aliphatic heterocycles. The van der Waals surface area contributed by atoms with Gasteiger partial charge in [-0.2, -0.15) is 91.0 Å². The molecule has 0 radical (unpaired) electrons. The molecule has 6 bridgehead atoms. The van der Waals surface area contributed by atoms with Gasteiger partial charge in [0.15, 0.2) is 0 Å². The van der Waals surface area contributed by atoms with E-state index in [2.05, 4.69) is 91.0 Å². The first-order valence-electron chi connectivity index (χ1n) is 13.2. The summed E-state index contributed by atoms with van der Waals surface area (Å²) < 4.78 is 0. The van der Waals surface area contributed by atoms with E-state index in [9.17, 15) is 0 Å².